The standard InChI is InChI=1S/C17H15N5O2S/c18-12-14-4-1-2-6-16(14)25(23,24)22-10-8-21(9-11-22)17-15(13-19)5-3-7-20-17/h1-7H,8-11H2. The Bertz CT molecular complexity index is 967. The maximum Gasteiger partial charge on any atom is 0.244 e. The molecule has 1 aromatic carbocycles. The van der Waals surface area contributed by atoms with E-state index >= 15 is 0 Å². The number of benzene rings is 1. The molecule has 1 fully saturated rings. The lowest BCUT2D eigenvalue weighted by atomic mass is 10.2. The van der Waals surface area contributed by atoms with Crippen molar-refractivity contribution in [2.75, 3.05) is 31.1 Å². The summed E-state index contributed by atoms with van der Waals surface area (Å²) in [5, 5.41) is 18.3. The maximum atomic E-state index is 12.8. The van der Waals surface area contributed by atoms with E-state index in [4.69, 9.17) is 5.26 Å². The van der Waals surface area contributed by atoms with Crippen LogP contribution in [0.3, 0.4) is 0 Å². The van der Waals surface area contributed by atoms with Crippen LogP contribution >= 0.6 is 0 Å². The van der Waals surface area contributed by atoms with E-state index in [1.165, 1.54) is 16.4 Å². The molecule has 2 aromatic rings. The summed E-state index contributed by atoms with van der Waals surface area (Å²) in [5.41, 5.74) is 0.607. The molecule has 1 aliphatic heterocycles. The predicted molar refractivity (Wildman–Crippen MR) is 91.1 cm³/mol. The number of sulfonamides is 1. The monoisotopic (exact) mass is 353 g/mol. The molecule has 1 aliphatic rings. The molecule has 0 unspecified atom stereocenters. The van der Waals surface area contributed by atoms with E-state index < -0.39 is 10.0 Å². The average molecular weight is 353 g/mol. The van der Waals surface area contributed by atoms with Crippen LogP contribution in [0.15, 0.2) is 47.5 Å². The first-order valence-electron chi connectivity index (χ1n) is 7.67. The fourth-order valence-electron chi connectivity index (χ4n) is 2.80. The Hall–Kier alpha value is -2.94. The Morgan fingerprint density at radius 1 is 0.920 bits per heavy atom. The second kappa shape index (κ2) is 6.89. The van der Waals surface area contributed by atoms with Crippen molar-refractivity contribution in [1.82, 2.24) is 9.29 Å². The molecule has 0 radical (unpaired) electrons. The molecule has 0 N–H and O–H groups in total. The van der Waals surface area contributed by atoms with Gasteiger partial charge in [-0.25, -0.2) is 13.4 Å². The first kappa shape index (κ1) is 16.9. The zero-order valence-electron chi connectivity index (χ0n) is 13.3. The van der Waals surface area contributed by atoms with Crippen LogP contribution in [0.25, 0.3) is 0 Å². The van der Waals surface area contributed by atoms with Gasteiger partial charge in [-0.1, -0.05) is 12.1 Å². The van der Waals surface area contributed by atoms with Gasteiger partial charge in [-0.15, -0.1) is 0 Å². The number of aromatic nitrogens is 1. The minimum atomic E-state index is -3.73. The summed E-state index contributed by atoms with van der Waals surface area (Å²) in [6.45, 7) is 1.40. The highest BCUT2D eigenvalue weighted by atomic mass is 32.2. The van der Waals surface area contributed by atoms with Crippen molar-refractivity contribution in [1.29, 1.82) is 10.5 Å². The molecule has 1 aromatic heterocycles. The quantitative estimate of drug-likeness (QED) is 0.825. The summed E-state index contributed by atoms with van der Waals surface area (Å²) in [6, 6.07) is 13.6. The molecule has 126 valence electrons. The smallest absolute Gasteiger partial charge is 0.244 e. The van der Waals surface area contributed by atoms with Crippen molar-refractivity contribution in [3.05, 3.63) is 53.7 Å². The minimum Gasteiger partial charge on any atom is -0.353 e. The van der Waals surface area contributed by atoms with Gasteiger partial charge in [0, 0.05) is 32.4 Å². The first-order valence-corrected chi connectivity index (χ1v) is 9.11. The van der Waals surface area contributed by atoms with Crippen LogP contribution in [0.2, 0.25) is 0 Å². The third-order valence-electron chi connectivity index (χ3n) is 4.07. The summed E-state index contributed by atoms with van der Waals surface area (Å²) in [4.78, 5) is 6.17. The van der Waals surface area contributed by atoms with Crippen LogP contribution in [0.4, 0.5) is 5.82 Å². The molecule has 0 bridgehead atoms. The number of nitriles is 2. The van der Waals surface area contributed by atoms with Crippen molar-refractivity contribution >= 4 is 15.8 Å². The van der Waals surface area contributed by atoms with E-state index in [9.17, 15) is 13.7 Å². The minimum absolute atomic E-state index is 0.0292. The van der Waals surface area contributed by atoms with Gasteiger partial charge in [-0.3, -0.25) is 0 Å². The van der Waals surface area contributed by atoms with E-state index in [1.807, 2.05) is 11.0 Å². The zero-order valence-corrected chi connectivity index (χ0v) is 14.1. The maximum absolute atomic E-state index is 12.8. The summed E-state index contributed by atoms with van der Waals surface area (Å²) in [6.07, 6.45) is 1.61. The van der Waals surface area contributed by atoms with Crippen LogP contribution in [0, 0.1) is 22.7 Å². The second-order valence-electron chi connectivity index (χ2n) is 5.49. The van der Waals surface area contributed by atoms with Crippen molar-refractivity contribution < 1.29 is 8.42 Å². The number of hydrogen-bond donors (Lipinski definition) is 0. The van der Waals surface area contributed by atoms with E-state index in [1.54, 1.807) is 30.5 Å². The summed E-state index contributed by atoms with van der Waals surface area (Å²) in [5.74, 6) is 0.569. The fraction of sp³-hybridized carbons (Fsp3) is 0.235. The highest BCUT2D eigenvalue weighted by molar-refractivity contribution is 7.89. The normalized spacial score (nSPS) is 15.4. The predicted octanol–water partition coefficient (Wildman–Crippen LogP) is 1.34. The zero-order chi connectivity index (χ0) is 17.9. The van der Waals surface area contributed by atoms with Crippen molar-refractivity contribution in [2.24, 2.45) is 0 Å². The third-order valence-corrected chi connectivity index (χ3v) is 6.03. The fourth-order valence-corrected chi connectivity index (χ4v) is 4.36. The Labute approximate surface area is 146 Å². The van der Waals surface area contributed by atoms with Crippen molar-refractivity contribution in [2.45, 2.75) is 4.90 Å². The Kier molecular flexibility index (Phi) is 4.66. The van der Waals surface area contributed by atoms with Crippen LogP contribution in [-0.4, -0.2) is 43.9 Å². The summed E-state index contributed by atoms with van der Waals surface area (Å²) in [7, 11) is -3.73. The van der Waals surface area contributed by atoms with Crippen LogP contribution in [-0.2, 0) is 10.0 Å². The van der Waals surface area contributed by atoms with E-state index in [-0.39, 0.29) is 23.5 Å². The average Bonchev–Trinajstić information content (AvgIpc) is 2.68. The Morgan fingerprint density at radius 2 is 1.56 bits per heavy atom. The van der Waals surface area contributed by atoms with Crippen molar-refractivity contribution in [3.8, 4) is 12.1 Å². The van der Waals surface area contributed by atoms with Gasteiger partial charge in [0.1, 0.15) is 18.0 Å². The van der Waals surface area contributed by atoms with Crippen molar-refractivity contribution in [3.63, 3.8) is 0 Å². The lowest BCUT2D eigenvalue weighted by Crippen LogP contribution is -2.49. The molecule has 0 amide bonds. The van der Waals surface area contributed by atoms with Gasteiger partial charge in [0.15, 0.2) is 0 Å². The molecular formula is C17H15N5O2S. The molecule has 3 rings (SSSR count). The van der Waals surface area contributed by atoms with E-state index in [0.717, 1.165) is 0 Å². The van der Waals surface area contributed by atoms with Gasteiger partial charge in [0.25, 0.3) is 0 Å². The number of hydrogen-bond acceptors (Lipinski definition) is 6. The highest BCUT2D eigenvalue weighted by Gasteiger charge is 2.31. The van der Waals surface area contributed by atoms with Gasteiger partial charge in [-0.2, -0.15) is 14.8 Å². The Morgan fingerprint density at radius 3 is 2.24 bits per heavy atom. The Balaban J connectivity index is 1.81. The topological polar surface area (TPSA) is 101 Å². The molecule has 25 heavy (non-hydrogen) atoms. The SMILES string of the molecule is N#Cc1ccccc1S(=O)(=O)N1CCN(c2ncccc2C#N)CC1. The van der Waals surface area contributed by atoms with Crippen LogP contribution in [0.1, 0.15) is 11.1 Å². The van der Waals surface area contributed by atoms with E-state index in [2.05, 4.69) is 11.1 Å². The van der Waals surface area contributed by atoms with Gasteiger partial charge < -0.3 is 4.90 Å². The molecule has 0 atom stereocenters. The summed E-state index contributed by atoms with van der Waals surface area (Å²) >= 11 is 0. The molecule has 8 heteroatoms. The molecule has 7 nitrogen and oxygen atoms in total. The van der Waals surface area contributed by atoms with Gasteiger partial charge in [0.2, 0.25) is 10.0 Å². The number of rotatable bonds is 3. The highest BCUT2D eigenvalue weighted by Crippen LogP contribution is 2.23. The van der Waals surface area contributed by atoms with Crippen LogP contribution < -0.4 is 4.90 Å². The number of nitrogens with zero attached hydrogens (tertiary/aromatic N) is 5. The van der Waals surface area contributed by atoms with Gasteiger partial charge in [0.05, 0.1) is 16.0 Å². The first-order chi connectivity index (χ1) is 12.1. The molecule has 0 spiro atoms. The second-order valence-corrected chi connectivity index (χ2v) is 7.39. The van der Waals surface area contributed by atoms with Crippen LogP contribution in [0.5, 0.6) is 0 Å². The van der Waals surface area contributed by atoms with Gasteiger partial charge >= 0.3 is 0 Å². The lowest BCUT2D eigenvalue weighted by molar-refractivity contribution is 0.383. The molecule has 0 aliphatic carbocycles. The lowest BCUT2D eigenvalue weighted by Gasteiger charge is -2.35. The molecule has 1 saturated heterocycles. The molecular weight excluding hydrogens is 338 g/mol. The third kappa shape index (κ3) is 3.18. The van der Waals surface area contributed by atoms with E-state index in [0.29, 0.717) is 24.5 Å². The van der Waals surface area contributed by atoms with Gasteiger partial charge in [-0.05, 0) is 24.3 Å². The number of piperazine rings is 1. The summed E-state index contributed by atoms with van der Waals surface area (Å²) < 4.78 is 27.0. The molecule has 2 heterocycles. The number of anilines is 1. The molecule has 0 saturated carbocycles. The number of pyridine rings is 1. The largest absolute Gasteiger partial charge is 0.353 e.